The van der Waals surface area contributed by atoms with E-state index in [1.165, 1.54) is 6.33 Å². The topological polar surface area (TPSA) is 75.6 Å². The van der Waals surface area contributed by atoms with Crippen LogP contribution in [0.4, 0.5) is 11.6 Å². The Morgan fingerprint density at radius 2 is 2.06 bits per heavy atom. The number of rotatable bonds is 5. The average Bonchev–Trinajstić information content (AvgIpc) is 2.45. The number of hydrogen-bond acceptors (Lipinski definition) is 6. The van der Waals surface area contributed by atoms with Crippen molar-refractivity contribution in [2.24, 2.45) is 0 Å². The lowest BCUT2D eigenvalue weighted by Crippen LogP contribution is -2.07. The second-order valence-corrected chi connectivity index (χ2v) is 3.71. The molecule has 0 fully saturated rings. The van der Waals surface area contributed by atoms with Gasteiger partial charge in [-0.25, -0.2) is 19.9 Å². The molecule has 0 amide bonds. The van der Waals surface area contributed by atoms with Crippen LogP contribution in [0.5, 0.6) is 0 Å². The smallest absolute Gasteiger partial charge is 0.132 e. The Balaban J connectivity index is 2.09. The van der Waals surface area contributed by atoms with Crippen molar-refractivity contribution in [3.63, 3.8) is 0 Å². The van der Waals surface area contributed by atoms with Gasteiger partial charge in [0.1, 0.15) is 23.8 Å². The minimum absolute atomic E-state index is 0.617. The van der Waals surface area contributed by atoms with E-state index in [2.05, 4.69) is 30.6 Å². The van der Waals surface area contributed by atoms with Crippen LogP contribution in [0.3, 0.4) is 0 Å². The van der Waals surface area contributed by atoms with Crippen molar-refractivity contribution in [1.82, 2.24) is 19.9 Å². The molecule has 0 spiro atoms. The van der Waals surface area contributed by atoms with Crippen LogP contribution in [0.15, 0.2) is 24.7 Å². The van der Waals surface area contributed by atoms with Crippen LogP contribution in [0.1, 0.15) is 18.4 Å². The molecule has 0 saturated heterocycles. The first-order valence-corrected chi connectivity index (χ1v) is 5.86. The van der Waals surface area contributed by atoms with E-state index in [9.17, 15) is 0 Å². The zero-order chi connectivity index (χ0) is 12.8. The van der Waals surface area contributed by atoms with Gasteiger partial charge in [0.25, 0.3) is 0 Å². The number of nitrogens with zero attached hydrogens (tertiary/aromatic N) is 4. The highest BCUT2D eigenvalue weighted by Gasteiger charge is 2.02. The second-order valence-electron chi connectivity index (χ2n) is 3.71. The maximum Gasteiger partial charge on any atom is 0.132 e. The largest absolute Gasteiger partial charge is 0.373 e. The molecule has 0 saturated carbocycles. The quantitative estimate of drug-likeness (QED) is 0.829. The molecule has 2 rings (SSSR count). The first kappa shape index (κ1) is 12.2. The molecule has 0 aromatic carbocycles. The van der Waals surface area contributed by atoms with E-state index in [0.717, 1.165) is 29.6 Å². The van der Waals surface area contributed by atoms with Gasteiger partial charge in [0.15, 0.2) is 0 Å². The molecule has 0 atom stereocenters. The maximum atomic E-state index is 4.41. The minimum atomic E-state index is 0.617. The Morgan fingerprint density at radius 3 is 2.72 bits per heavy atom. The summed E-state index contributed by atoms with van der Waals surface area (Å²) in [6.45, 7) is 2.65. The van der Waals surface area contributed by atoms with Crippen LogP contribution in [-0.2, 0) is 13.0 Å². The standard InChI is InChI=1S/C12H16N6/c1-3-10-17-11(13-2)6-12(18-10)15-7-9-4-5-14-8-16-9/h4-6,8H,3,7H2,1-2H3,(H2,13,15,17,18). The molecule has 2 heterocycles. The van der Waals surface area contributed by atoms with E-state index >= 15 is 0 Å². The van der Waals surface area contributed by atoms with Crippen LogP contribution in [-0.4, -0.2) is 27.0 Å². The van der Waals surface area contributed by atoms with Crippen molar-refractivity contribution in [3.8, 4) is 0 Å². The summed E-state index contributed by atoms with van der Waals surface area (Å²) in [6.07, 6.45) is 4.06. The van der Waals surface area contributed by atoms with E-state index in [4.69, 9.17) is 0 Å². The maximum absolute atomic E-state index is 4.41. The number of hydrogen-bond donors (Lipinski definition) is 2. The van der Waals surface area contributed by atoms with Crippen LogP contribution < -0.4 is 10.6 Å². The molecule has 6 heteroatoms. The van der Waals surface area contributed by atoms with E-state index in [0.29, 0.717) is 6.54 Å². The molecule has 0 aliphatic rings. The van der Waals surface area contributed by atoms with Gasteiger partial charge in [0.05, 0.1) is 12.2 Å². The molecule has 2 aromatic heterocycles. The molecule has 2 aromatic rings. The number of anilines is 2. The molecule has 2 N–H and O–H groups in total. The Labute approximate surface area is 106 Å². The number of nitrogens with one attached hydrogen (secondary N) is 2. The van der Waals surface area contributed by atoms with Gasteiger partial charge in [-0.1, -0.05) is 6.92 Å². The first-order valence-electron chi connectivity index (χ1n) is 5.86. The lowest BCUT2D eigenvalue weighted by Gasteiger charge is -2.08. The molecule has 0 aliphatic heterocycles. The highest BCUT2D eigenvalue weighted by atomic mass is 15.1. The molecule has 6 nitrogen and oxygen atoms in total. The van der Waals surface area contributed by atoms with Crippen molar-refractivity contribution in [1.29, 1.82) is 0 Å². The van der Waals surface area contributed by atoms with Gasteiger partial charge in [-0.2, -0.15) is 0 Å². The molecular formula is C12H16N6. The third kappa shape index (κ3) is 3.13. The molecular weight excluding hydrogens is 228 g/mol. The Morgan fingerprint density at radius 1 is 1.22 bits per heavy atom. The molecule has 18 heavy (non-hydrogen) atoms. The third-order valence-electron chi connectivity index (χ3n) is 2.44. The van der Waals surface area contributed by atoms with Gasteiger partial charge in [-0.15, -0.1) is 0 Å². The lowest BCUT2D eigenvalue weighted by molar-refractivity contribution is 0.926. The predicted octanol–water partition coefficient (Wildman–Crippen LogP) is 1.48. The normalized spacial score (nSPS) is 10.1. The lowest BCUT2D eigenvalue weighted by atomic mass is 10.4. The summed E-state index contributed by atoms with van der Waals surface area (Å²) >= 11 is 0. The molecule has 0 aliphatic carbocycles. The summed E-state index contributed by atoms with van der Waals surface area (Å²) in [6, 6.07) is 3.74. The first-order chi connectivity index (χ1) is 8.81. The Kier molecular flexibility index (Phi) is 4.01. The number of aryl methyl sites for hydroxylation is 1. The van der Waals surface area contributed by atoms with Crippen molar-refractivity contribution < 1.29 is 0 Å². The minimum Gasteiger partial charge on any atom is -0.373 e. The van der Waals surface area contributed by atoms with Crippen molar-refractivity contribution >= 4 is 11.6 Å². The van der Waals surface area contributed by atoms with Crippen molar-refractivity contribution in [2.75, 3.05) is 17.7 Å². The predicted molar refractivity (Wildman–Crippen MR) is 70.3 cm³/mol. The summed E-state index contributed by atoms with van der Waals surface area (Å²) < 4.78 is 0. The van der Waals surface area contributed by atoms with Gasteiger partial charge < -0.3 is 10.6 Å². The SMILES string of the molecule is CCc1nc(NC)cc(NCc2ccncn2)n1. The van der Waals surface area contributed by atoms with Crippen molar-refractivity contribution in [2.45, 2.75) is 19.9 Å². The van der Waals surface area contributed by atoms with Gasteiger partial charge in [-0.3, -0.25) is 0 Å². The van der Waals surface area contributed by atoms with E-state index < -0.39 is 0 Å². The van der Waals surface area contributed by atoms with Crippen LogP contribution in [0, 0.1) is 0 Å². The van der Waals surface area contributed by atoms with E-state index in [1.807, 2.05) is 26.1 Å². The summed E-state index contributed by atoms with van der Waals surface area (Å²) in [5.41, 5.74) is 0.924. The van der Waals surface area contributed by atoms with Crippen LogP contribution >= 0.6 is 0 Å². The third-order valence-corrected chi connectivity index (χ3v) is 2.44. The highest BCUT2D eigenvalue weighted by Crippen LogP contribution is 2.11. The summed E-state index contributed by atoms with van der Waals surface area (Å²) in [4.78, 5) is 16.8. The van der Waals surface area contributed by atoms with E-state index in [1.54, 1.807) is 6.20 Å². The van der Waals surface area contributed by atoms with Gasteiger partial charge in [0.2, 0.25) is 0 Å². The van der Waals surface area contributed by atoms with Crippen LogP contribution in [0.2, 0.25) is 0 Å². The fourth-order valence-electron chi connectivity index (χ4n) is 1.48. The Hall–Kier alpha value is -2.24. The van der Waals surface area contributed by atoms with Crippen LogP contribution in [0.25, 0.3) is 0 Å². The fourth-order valence-corrected chi connectivity index (χ4v) is 1.48. The average molecular weight is 244 g/mol. The van der Waals surface area contributed by atoms with Gasteiger partial charge in [0, 0.05) is 25.7 Å². The molecule has 94 valence electrons. The molecule has 0 bridgehead atoms. The summed E-state index contributed by atoms with van der Waals surface area (Å²) in [7, 11) is 1.84. The molecule has 0 radical (unpaired) electrons. The fraction of sp³-hybridized carbons (Fsp3) is 0.333. The Bertz CT molecular complexity index is 477. The highest BCUT2D eigenvalue weighted by molar-refractivity contribution is 5.47. The zero-order valence-corrected chi connectivity index (χ0v) is 10.5. The molecule has 0 unspecified atom stereocenters. The van der Waals surface area contributed by atoms with Gasteiger partial charge >= 0.3 is 0 Å². The summed E-state index contributed by atoms with van der Waals surface area (Å²) in [5.74, 6) is 2.42. The van der Waals surface area contributed by atoms with Crippen molar-refractivity contribution in [3.05, 3.63) is 36.2 Å². The van der Waals surface area contributed by atoms with E-state index in [-0.39, 0.29) is 0 Å². The second kappa shape index (κ2) is 5.90. The zero-order valence-electron chi connectivity index (χ0n) is 10.5. The monoisotopic (exact) mass is 244 g/mol. The number of aromatic nitrogens is 4. The van der Waals surface area contributed by atoms with Gasteiger partial charge in [-0.05, 0) is 6.07 Å². The summed E-state index contributed by atoms with van der Waals surface area (Å²) in [5, 5.41) is 6.25.